The molecule has 18 heavy (non-hydrogen) atoms. The molecule has 0 heterocycles. The smallest absolute Gasteiger partial charge is 0.0928 e. The van der Waals surface area contributed by atoms with Gasteiger partial charge in [-0.05, 0) is 25.8 Å². The van der Waals surface area contributed by atoms with E-state index in [1.54, 1.807) is 6.07 Å². The van der Waals surface area contributed by atoms with Crippen LogP contribution in [0, 0.1) is 0 Å². The van der Waals surface area contributed by atoms with Gasteiger partial charge < -0.3 is 15.5 Å². The normalized spacial score (nSPS) is 16.3. The van der Waals surface area contributed by atoms with Gasteiger partial charge in [-0.25, -0.2) is 0 Å². The van der Waals surface area contributed by atoms with Crippen molar-refractivity contribution in [1.29, 1.82) is 0 Å². The Kier molecular flexibility index (Phi) is 6.09. The second-order valence-corrected chi connectivity index (χ2v) is 5.21. The predicted octanol–water partition coefficient (Wildman–Crippen LogP) is 2.51. The summed E-state index contributed by atoms with van der Waals surface area (Å²) in [4.78, 5) is 0. The quantitative estimate of drug-likeness (QED) is 0.714. The number of hydrogen-bond acceptors (Lipinski definition) is 3. The molecule has 0 saturated heterocycles. The highest BCUT2D eigenvalue weighted by molar-refractivity contribution is 6.31. The third-order valence-electron chi connectivity index (χ3n) is 3.43. The molecule has 2 atom stereocenters. The van der Waals surface area contributed by atoms with Gasteiger partial charge in [-0.2, -0.15) is 0 Å². The van der Waals surface area contributed by atoms with E-state index in [0.717, 1.165) is 12.0 Å². The highest BCUT2D eigenvalue weighted by atomic mass is 35.5. The molecule has 0 fully saturated rings. The van der Waals surface area contributed by atoms with Crippen molar-refractivity contribution in [3.63, 3.8) is 0 Å². The van der Waals surface area contributed by atoms with E-state index >= 15 is 0 Å². The lowest BCUT2D eigenvalue weighted by Crippen LogP contribution is -2.44. The van der Waals surface area contributed by atoms with Crippen LogP contribution in [0.4, 0.5) is 0 Å². The molecule has 1 rings (SSSR count). The first-order chi connectivity index (χ1) is 8.52. The number of hydrogen-bond donors (Lipinski definition) is 3. The van der Waals surface area contributed by atoms with Crippen molar-refractivity contribution in [2.24, 2.45) is 0 Å². The van der Waals surface area contributed by atoms with Crippen molar-refractivity contribution >= 4 is 11.6 Å². The summed E-state index contributed by atoms with van der Waals surface area (Å²) in [6.45, 7) is 4.67. The zero-order chi connectivity index (χ0) is 13.6. The Hall–Kier alpha value is -0.610. The molecule has 4 heteroatoms. The van der Waals surface area contributed by atoms with Gasteiger partial charge in [0.15, 0.2) is 0 Å². The number of aliphatic hydroxyl groups is 2. The number of benzene rings is 1. The minimum absolute atomic E-state index is 0.138. The Balaban J connectivity index is 2.60. The van der Waals surface area contributed by atoms with Crippen LogP contribution in [0.25, 0.3) is 0 Å². The van der Waals surface area contributed by atoms with E-state index in [-0.39, 0.29) is 12.1 Å². The zero-order valence-electron chi connectivity index (χ0n) is 11.0. The van der Waals surface area contributed by atoms with E-state index in [2.05, 4.69) is 12.2 Å². The molecule has 3 nitrogen and oxygen atoms in total. The molecule has 0 amide bonds. The lowest BCUT2D eigenvalue weighted by atomic mass is 9.94. The Morgan fingerprint density at radius 1 is 1.39 bits per heavy atom. The van der Waals surface area contributed by atoms with Crippen LogP contribution in [-0.4, -0.2) is 28.9 Å². The Morgan fingerprint density at radius 3 is 2.61 bits per heavy atom. The van der Waals surface area contributed by atoms with Gasteiger partial charge in [0.25, 0.3) is 0 Å². The first-order valence-corrected chi connectivity index (χ1v) is 6.68. The second-order valence-electron chi connectivity index (χ2n) is 4.81. The molecule has 1 aromatic carbocycles. The van der Waals surface area contributed by atoms with Crippen LogP contribution < -0.4 is 5.32 Å². The predicted molar refractivity (Wildman–Crippen MR) is 74.8 cm³/mol. The molecule has 3 N–H and O–H groups in total. The minimum Gasteiger partial charge on any atom is -0.396 e. The lowest BCUT2D eigenvalue weighted by molar-refractivity contribution is 0.145. The van der Waals surface area contributed by atoms with Crippen LogP contribution in [0.3, 0.4) is 0 Å². The first-order valence-electron chi connectivity index (χ1n) is 6.31. The second kappa shape index (κ2) is 7.10. The van der Waals surface area contributed by atoms with Crippen LogP contribution >= 0.6 is 11.6 Å². The van der Waals surface area contributed by atoms with Gasteiger partial charge in [0, 0.05) is 29.3 Å². The Labute approximate surface area is 114 Å². The fourth-order valence-corrected chi connectivity index (χ4v) is 2.10. The number of rotatable bonds is 7. The maximum absolute atomic E-state index is 10.1. The topological polar surface area (TPSA) is 52.5 Å². The highest BCUT2D eigenvalue weighted by Gasteiger charge is 2.22. The number of β-amino-alcohol motifs (C(OH)–C–C–N with tert-alkyl or cyclic N) is 1. The van der Waals surface area contributed by atoms with Crippen molar-refractivity contribution < 1.29 is 10.2 Å². The summed E-state index contributed by atoms with van der Waals surface area (Å²) in [5, 5.41) is 23.0. The average Bonchev–Trinajstić information content (AvgIpc) is 2.37. The summed E-state index contributed by atoms with van der Waals surface area (Å²) in [6.07, 6.45) is 0.921. The van der Waals surface area contributed by atoms with Gasteiger partial charge in [-0.15, -0.1) is 0 Å². The molecule has 0 aromatic heterocycles. The zero-order valence-corrected chi connectivity index (χ0v) is 11.7. The summed E-state index contributed by atoms with van der Waals surface area (Å²) >= 11 is 6.04. The number of nitrogens with one attached hydrogen (secondary N) is 1. The molecule has 0 saturated carbocycles. The van der Waals surface area contributed by atoms with Gasteiger partial charge in [0.05, 0.1) is 6.10 Å². The highest BCUT2D eigenvalue weighted by Crippen LogP contribution is 2.23. The van der Waals surface area contributed by atoms with Crippen LogP contribution in [0.1, 0.15) is 38.4 Å². The minimum atomic E-state index is -0.636. The van der Waals surface area contributed by atoms with Crippen molar-refractivity contribution in [3.8, 4) is 0 Å². The summed E-state index contributed by atoms with van der Waals surface area (Å²) < 4.78 is 0. The molecule has 0 aliphatic heterocycles. The van der Waals surface area contributed by atoms with E-state index in [1.807, 2.05) is 25.1 Å². The van der Waals surface area contributed by atoms with Crippen molar-refractivity contribution in [2.45, 2.75) is 38.3 Å². The molecule has 0 bridgehead atoms. The summed E-state index contributed by atoms with van der Waals surface area (Å²) in [6, 6.07) is 7.29. The van der Waals surface area contributed by atoms with E-state index < -0.39 is 6.10 Å². The molecule has 1 aromatic rings. The summed E-state index contributed by atoms with van der Waals surface area (Å²) in [7, 11) is 0. The van der Waals surface area contributed by atoms with Crippen molar-refractivity contribution in [3.05, 3.63) is 34.9 Å². The van der Waals surface area contributed by atoms with Crippen LogP contribution in [-0.2, 0) is 0 Å². The SMILES string of the molecule is CCC(C)(CCO)NCC(O)c1ccccc1Cl. The Morgan fingerprint density at radius 2 is 2.06 bits per heavy atom. The molecule has 0 radical (unpaired) electrons. The number of halogens is 1. The van der Waals surface area contributed by atoms with Crippen molar-refractivity contribution in [2.75, 3.05) is 13.2 Å². The largest absolute Gasteiger partial charge is 0.396 e. The van der Waals surface area contributed by atoms with Crippen LogP contribution in [0.2, 0.25) is 5.02 Å². The molecular formula is C14H22ClNO2. The van der Waals surface area contributed by atoms with E-state index in [9.17, 15) is 5.11 Å². The molecule has 0 aliphatic carbocycles. The molecular weight excluding hydrogens is 250 g/mol. The third kappa shape index (κ3) is 4.25. The fraction of sp³-hybridized carbons (Fsp3) is 0.571. The molecule has 0 aliphatic rings. The molecule has 0 spiro atoms. The monoisotopic (exact) mass is 271 g/mol. The van der Waals surface area contributed by atoms with Gasteiger partial charge in [-0.1, -0.05) is 36.7 Å². The van der Waals surface area contributed by atoms with E-state index in [0.29, 0.717) is 18.0 Å². The average molecular weight is 272 g/mol. The summed E-state index contributed by atoms with van der Waals surface area (Å²) in [5.41, 5.74) is 0.575. The van der Waals surface area contributed by atoms with Crippen molar-refractivity contribution in [1.82, 2.24) is 5.32 Å². The lowest BCUT2D eigenvalue weighted by Gasteiger charge is -2.30. The summed E-state index contributed by atoms with van der Waals surface area (Å²) in [5.74, 6) is 0. The van der Waals surface area contributed by atoms with Gasteiger partial charge >= 0.3 is 0 Å². The van der Waals surface area contributed by atoms with E-state index in [1.165, 1.54) is 0 Å². The molecule has 102 valence electrons. The van der Waals surface area contributed by atoms with Gasteiger partial charge in [0.2, 0.25) is 0 Å². The fourth-order valence-electron chi connectivity index (χ4n) is 1.84. The Bertz CT molecular complexity index is 373. The molecule has 2 unspecified atom stereocenters. The standard InChI is InChI=1S/C14H22ClNO2/c1-3-14(2,8-9-17)16-10-13(18)11-6-4-5-7-12(11)15/h4-7,13,16-18H,3,8-10H2,1-2H3. The maximum Gasteiger partial charge on any atom is 0.0928 e. The number of aliphatic hydroxyl groups excluding tert-OH is 2. The van der Waals surface area contributed by atoms with Gasteiger partial charge in [0.1, 0.15) is 0 Å². The maximum atomic E-state index is 10.1. The first kappa shape index (κ1) is 15.4. The third-order valence-corrected chi connectivity index (χ3v) is 3.77. The van der Waals surface area contributed by atoms with Crippen LogP contribution in [0.5, 0.6) is 0 Å². The van der Waals surface area contributed by atoms with Gasteiger partial charge in [-0.3, -0.25) is 0 Å². The van der Waals surface area contributed by atoms with E-state index in [4.69, 9.17) is 16.7 Å². The van der Waals surface area contributed by atoms with Crippen LogP contribution in [0.15, 0.2) is 24.3 Å².